The van der Waals surface area contributed by atoms with Crippen LogP contribution in [0.15, 0.2) is 52.0 Å². The predicted molar refractivity (Wildman–Crippen MR) is 83.0 cm³/mol. The van der Waals surface area contributed by atoms with Crippen molar-refractivity contribution in [3.05, 3.63) is 42.0 Å². The minimum absolute atomic E-state index is 0.0812. The van der Waals surface area contributed by atoms with Crippen molar-refractivity contribution in [3.8, 4) is 0 Å². The van der Waals surface area contributed by atoms with Crippen LogP contribution in [-0.4, -0.2) is 18.2 Å². The predicted octanol–water partition coefficient (Wildman–Crippen LogP) is 4.76. The molecule has 0 bridgehead atoms. The first-order valence-corrected chi connectivity index (χ1v) is 7.26. The summed E-state index contributed by atoms with van der Waals surface area (Å²) in [5, 5.41) is 0. The van der Waals surface area contributed by atoms with E-state index in [9.17, 15) is 4.79 Å². The summed E-state index contributed by atoms with van der Waals surface area (Å²) in [6.07, 6.45) is 4.08. The van der Waals surface area contributed by atoms with Crippen molar-refractivity contribution in [2.45, 2.75) is 39.2 Å². The Kier molecular flexibility index (Phi) is 5.47. The second kappa shape index (κ2) is 7.55. The third-order valence-electron chi connectivity index (χ3n) is 3.48. The lowest BCUT2D eigenvalue weighted by Gasteiger charge is -2.22. The highest BCUT2D eigenvalue weighted by atomic mass is 16.6. The summed E-state index contributed by atoms with van der Waals surface area (Å²) in [6.45, 7) is 4.37. The number of allylic oxidation sites excluding steroid dienone is 1. The van der Waals surface area contributed by atoms with Crippen LogP contribution in [0.4, 0.5) is 10.5 Å². The second-order valence-corrected chi connectivity index (χ2v) is 5.37. The molecule has 0 fully saturated rings. The van der Waals surface area contributed by atoms with E-state index in [-0.39, 0.29) is 6.10 Å². The zero-order chi connectivity index (χ0) is 15.1. The molecule has 1 aromatic carbocycles. The van der Waals surface area contributed by atoms with E-state index in [2.05, 4.69) is 35.9 Å². The molecule has 0 radical (unpaired) electrons. The summed E-state index contributed by atoms with van der Waals surface area (Å²) in [7, 11) is 0. The molecule has 2 rings (SSSR count). The van der Waals surface area contributed by atoms with Crippen LogP contribution in [0.1, 0.15) is 33.1 Å². The van der Waals surface area contributed by atoms with Crippen molar-refractivity contribution < 1.29 is 9.53 Å². The number of amides is 1. The average Bonchev–Trinajstić information content (AvgIpc) is 2.49. The van der Waals surface area contributed by atoms with Gasteiger partial charge in [-0.3, -0.25) is 0 Å². The normalized spacial score (nSPS) is 17.7. The van der Waals surface area contributed by atoms with Crippen LogP contribution < -0.4 is 0 Å². The first kappa shape index (κ1) is 15.2. The van der Waals surface area contributed by atoms with E-state index in [0.717, 1.165) is 19.3 Å². The van der Waals surface area contributed by atoms with Crippen molar-refractivity contribution in [3.63, 3.8) is 0 Å². The van der Waals surface area contributed by atoms with Gasteiger partial charge in [-0.15, -0.1) is 4.99 Å². The molecule has 1 atom stereocenters. The lowest BCUT2D eigenvalue weighted by Crippen LogP contribution is -2.19. The fraction of sp³-hybridized carbons (Fsp3) is 0.412. The van der Waals surface area contributed by atoms with Crippen molar-refractivity contribution in [2.75, 3.05) is 0 Å². The summed E-state index contributed by atoms with van der Waals surface area (Å²) >= 11 is 0. The molecule has 0 aromatic heterocycles. The minimum atomic E-state index is -0.624. The molecule has 21 heavy (non-hydrogen) atoms. The summed E-state index contributed by atoms with van der Waals surface area (Å²) in [5.74, 6) is 0.567. The van der Waals surface area contributed by atoms with Crippen LogP contribution in [0.3, 0.4) is 0 Å². The Morgan fingerprint density at radius 3 is 2.71 bits per heavy atom. The Morgan fingerprint density at radius 2 is 2.10 bits per heavy atom. The Morgan fingerprint density at radius 1 is 1.33 bits per heavy atom. The van der Waals surface area contributed by atoms with E-state index in [4.69, 9.17) is 4.74 Å². The molecule has 4 heteroatoms. The van der Waals surface area contributed by atoms with Crippen LogP contribution in [-0.2, 0) is 4.74 Å². The summed E-state index contributed by atoms with van der Waals surface area (Å²) < 4.78 is 5.28. The molecule has 1 amide bonds. The topological polar surface area (TPSA) is 51.0 Å². The zero-order valence-electron chi connectivity index (χ0n) is 12.5. The number of hydrogen-bond donors (Lipinski definition) is 0. The molecule has 0 N–H and O–H groups in total. The Hall–Kier alpha value is -2.19. The molecular formula is C17H20N2O2. The number of rotatable bonds is 3. The quantitative estimate of drug-likeness (QED) is 0.593. The van der Waals surface area contributed by atoms with Crippen LogP contribution >= 0.6 is 0 Å². The maximum Gasteiger partial charge on any atom is 0.443 e. The molecule has 1 aromatic rings. The van der Waals surface area contributed by atoms with Crippen LogP contribution in [0.25, 0.3) is 0 Å². The van der Waals surface area contributed by atoms with Gasteiger partial charge in [0.15, 0.2) is 0 Å². The first-order valence-electron chi connectivity index (χ1n) is 7.26. The smallest absolute Gasteiger partial charge is 0.443 e. The van der Waals surface area contributed by atoms with Crippen LogP contribution in [0.5, 0.6) is 0 Å². The van der Waals surface area contributed by atoms with Gasteiger partial charge < -0.3 is 4.74 Å². The Bertz CT molecular complexity index is 570. The van der Waals surface area contributed by atoms with Gasteiger partial charge >= 0.3 is 6.09 Å². The number of carbonyl (C=O) groups is 1. The number of hydrogen-bond acceptors (Lipinski definition) is 3. The number of nitrogens with zero attached hydrogens (tertiary/aromatic N) is 2. The summed E-state index contributed by atoms with van der Waals surface area (Å²) in [5.41, 5.74) is 2.15. The third-order valence-corrected chi connectivity index (χ3v) is 3.48. The SMILES string of the molecule is CC(C)C1=CCC(OC(=O)N=C=Nc2ccccc2)CC1. The highest BCUT2D eigenvalue weighted by Gasteiger charge is 2.19. The molecule has 1 unspecified atom stereocenters. The van der Waals surface area contributed by atoms with E-state index < -0.39 is 6.09 Å². The number of para-hydroxylation sites is 1. The second-order valence-electron chi connectivity index (χ2n) is 5.37. The number of aliphatic imine (C=N–C) groups is 2. The zero-order valence-corrected chi connectivity index (χ0v) is 12.5. The fourth-order valence-electron chi connectivity index (χ4n) is 2.26. The van der Waals surface area contributed by atoms with Crippen LogP contribution in [0, 0.1) is 5.92 Å². The number of carbonyl (C=O) groups excluding carboxylic acids is 1. The first-order chi connectivity index (χ1) is 10.1. The van der Waals surface area contributed by atoms with Crippen molar-refractivity contribution in [1.82, 2.24) is 0 Å². The molecule has 0 spiro atoms. The van der Waals surface area contributed by atoms with E-state index in [1.165, 1.54) is 5.57 Å². The van der Waals surface area contributed by atoms with Gasteiger partial charge in [0.25, 0.3) is 0 Å². The Labute approximate surface area is 125 Å². The van der Waals surface area contributed by atoms with Crippen LogP contribution in [0.2, 0.25) is 0 Å². The van der Waals surface area contributed by atoms with Gasteiger partial charge in [0.05, 0.1) is 5.69 Å². The highest BCUT2D eigenvalue weighted by molar-refractivity contribution is 5.76. The number of ether oxygens (including phenoxy) is 1. The third kappa shape index (κ3) is 5.01. The van der Waals surface area contributed by atoms with Gasteiger partial charge in [0, 0.05) is 6.42 Å². The van der Waals surface area contributed by atoms with E-state index in [1.807, 2.05) is 30.3 Å². The van der Waals surface area contributed by atoms with Gasteiger partial charge in [-0.05, 0) is 30.9 Å². The van der Waals surface area contributed by atoms with Gasteiger partial charge in [0.2, 0.25) is 0 Å². The monoisotopic (exact) mass is 284 g/mol. The van der Waals surface area contributed by atoms with Gasteiger partial charge in [-0.25, -0.2) is 4.79 Å². The molecule has 1 aliphatic carbocycles. The highest BCUT2D eigenvalue weighted by Crippen LogP contribution is 2.25. The van der Waals surface area contributed by atoms with Crippen molar-refractivity contribution in [1.29, 1.82) is 0 Å². The van der Waals surface area contributed by atoms with E-state index in [1.54, 1.807) is 0 Å². The molecule has 110 valence electrons. The van der Waals surface area contributed by atoms with Crippen molar-refractivity contribution in [2.24, 2.45) is 15.9 Å². The maximum absolute atomic E-state index is 11.6. The van der Waals surface area contributed by atoms with Crippen molar-refractivity contribution >= 4 is 17.8 Å². The number of benzene rings is 1. The molecule has 0 saturated carbocycles. The molecule has 0 saturated heterocycles. The largest absolute Gasteiger partial charge is 0.444 e. The van der Waals surface area contributed by atoms with E-state index >= 15 is 0 Å². The molecule has 0 heterocycles. The molecular weight excluding hydrogens is 264 g/mol. The molecule has 0 aliphatic heterocycles. The van der Waals surface area contributed by atoms with Gasteiger partial charge in [-0.2, -0.15) is 4.99 Å². The van der Waals surface area contributed by atoms with Gasteiger partial charge in [-0.1, -0.05) is 43.7 Å². The lowest BCUT2D eigenvalue weighted by atomic mass is 9.90. The lowest BCUT2D eigenvalue weighted by molar-refractivity contribution is 0.0999. The summed E-state index contributed by atoms with van der Waals surface area (Å²) in [6, 6.07) is 11.6. The van der Waals surface area contributed by atoms with E-state index in [0.29, 0.717) is 11.6 Å². The molecule has 4 nitrogen and oxygen atoms in total. The fourth-order valence-corrected chi connectivity index (χ4v) is 2.26. The molecule has 1 aliphatic rings. The van der Waals surface area contributed by atoms with Gasteiger partial charge in [0.1, 0.15) is 12.1 Å². The standard InChI is InChI=1S/C17H20N2O2/c1-13(2)14-8-10-16(11-9-14)21-17(20)19-12-18-15-6-4-3-5-7-15/h3-8,13,16H,9-11H2,1-2H3. The maximum atomic E-state index is 11.6. The average molecular weight is 284 g/mol. The summed E-state index contributed by atoms with van der Waals surface area (Å²) in [4.78, 5) is 19.1. The minimum Gasteiger partial charge on any atom is -0.444 e. The Balaban J connectivity index is 1.84.